The average Bonchev–Trinajstić information content (AvgIpc) is 3.48. The van der Waals surface area contributed by atoms with Gasteiger partial charge in [0.25, 0.3) is 10.1 Å². The van der Waals surface area contributed by atoms with Gasteiger partial charge in [-0.2, -0.15) is 8.42 Å². The molecule has 0 unspecified atom stereocenters. The molecule has 3 heterocycles. The van der Waals surface area contributed by atoms with Gasteiger partial charge in [0.15, 0.2) is 0 Å². The molecule has 0 amide bonds. The predicted molar refractivity (Wildman–Crippen MR) is 172 cm³/mol. The van der Waals surface area contributed by atoms with E-state index < -0.39 is 10.1 Å². The molecule has 2 aromatic heterocycles. The van der Waals surface area contributed by atoms with E-state index in [0.717, 1.165) is 34.2 Å². The van der Waals surface area contributed by atoms with Crippen molar-refractivity contribution in [3.8, 4) is 22.5 Å². The van der Waals surface area contributed by atoms with Crippen molar-refractivity contribution in [1.29, 1.82) is 0 Å². The lowest BCUT2D eigenvalue weighted by Gasteiger charge is -2.16. The zero-order chi connectivity index (χ0) is 29.8. The van der Waals surface area contributed by atoms with Crippen molar-refractivity contribution in [2.24, 2.45) is 0 Å². The van der Waals surface area contributed by atoms with Crippen molar-refractivity contribution < 1.29 is 12.6 Å². The zero-order valence-corrected chi connectivity index (χ0v) is 24.9. The van der Waals surface area contributed by atoms with Gasteiger partial charge in [-0.25, -0.2) is 19.9 Å². The quantitative estimate of drug-likeness (QED) is 0.155. The third-order valence-electron chi connectivity index (χ3n) is 7.10. The molecule has 0 N–H and O–H groups in total. The summed E-state index contributed by atoms with van der Waals surface area (Å²) in [4.78, 5) is 19.1. The Morgan fingerprint density at radius 1 is 0.744 bits per heavy atom. The average molecular weight is 610 g/mol. The largest absolute Gasteiger partial charge is 0.338 e. The van der Waals surface area contributed by atoms with Crippen LogP contribution in [0.4, 0.5) is 5.95 Å². The van der Waals surface area contributed by atoms with Crippen molar-refractivity contribution >= 4 is 49.2 Å². The first kappa shape index (κ1) is 28.7. The molecule has 216 valence electrons. The van der Waals surface area contributed by atoms with Crippen LogP contribution in [0.2, 0.25) is 5.28 Å². The first-order chi connectivity index (χ1) is 20.8. The van der Waals surface area contributed by atoms with Gasteiger partial charge in [-0.1, -0.05) is 72.8 Å². The van der Waals surface area contributed by atoms with E-state index in [1.165, 1.54) is 16.2 Å². The van der Waals surface area contributed by atoms with E-state index in [2.05, 4.69) is 68.5 Å². The summed E-state index contributed by atoms with van der Waals surface area (Å²) in [7, 11) is -3.45. The maximum absolute atomic E-state index is 11.3. The second-order valence-electron chi connectivity index (χ2n) is 10.2. The second-order valence-corrected chi connectivity index (χ2v) is 12.2. The summed E-state index contributed by atoms with van der Waals surface area (Å²) in [5.74, 6) is 0.593. The van der Waals surface area contributed by atoms with Crippen molar-refractivity contribution in [2.75, 3.05) is 24.2 Å². The Kier molecular flexibility index (Phi) is 8.29. The smallest absolute Gasteiger partial charge is 0.264 e. The van der Waals surface area contributed by atoms with E-state index in [1.807, 2.05) is 53.4 Å². The molecule has 4 aromatic carbocycles. The first-order valence-electron chi connectivity index (χ1n) is 13.7. The third-order valence-corrected chi connectivity index (χ3v) is 7.90. The number of benzene rings is 4. The standard InChI is InChI=1S/C19H19N3O3S.C14H9ClN2/c1-26(23,24)25-17-9-11-22(13-17)19-20-10-8-18(21-19)16-7-6-14-4-2-3-5-15(14)12-16;15-14-16-8-7-13(17-14)12-6-5-10-3-1-2-4-11(10)9-12/h2-8,10,12,17H,9,11,13H2,1H3;1-9H/t17-;/m0./s1. The van der Waals surface area contributed by atoms with Crippen LogP contribution in [-0.2, 0) is 14.3 Å². The van der Waals surface area contributed by atoms with Crippen LogP contribution in [-0.4, -0.2) is 53.8 Å². The van der Waals surface area contributed by atoms with Gasteiger partial charge in [0, 0.05) is 36.6 Å². The Bertz CT molecular complexity index is 2020. The molecule has 0 aliphatic carbocycles. The number of fused-ring (bicyclic) bond motifs is 2. The van der Waals surface area contributed by atoms with E-state index in [1.54, 1.807) is 12.4 Å². The molecule has 1 fully saturated rings. The normalized spacial score (nSPS) is 14.9. The second kappa shape index (κ2) is 12.4. The Balaban J connectivity index is 0.000000167. The van der Waals surface area contributed by atoms with Crippen molar-refractivity contribution in [1.82, 2.24) is 19.9 Å². The van der Waals surface area contributed by atoms with Gasteiger partial charge >= 0.3 is 0 Å². The molecule has 0 radical (unpaired) electrons. The highest BCUT2D eigenvalue weighted by Gasteiger charge is 2.28. The number of halogens is 1. The first-order valence-corrected chi connectivity index (χ1v) is 15.9. The summed E-state index contributed by atoms with van der Waals surface area (Å²) in [6, 6.07) is 32.6. The fraction of sp³-hybridized carbons (Fsp3) is 0.152. The fourth-order valence-electron chi connectivity index (χ4n) is 5.09. The minimum Gasteiger partial charge on any atom is -0.338 e. The summed E-state index contributed by atoms with van der Waals surface area (Å²) >= 11 is 5.79. The highest BCUT2D eigenvalue weighted by atomic mass is 35.5. The number of aromatic nitrogens is 4. The molecule has 1 aliphatic heterocycles. The van der Waals surface area contributed by atoms with Gasteiger partial charge in [0.05, 0.1) is 23.7 Å². The van der Waals surface area contributed by atoms with Gasteiger partial charge in [-0.15, -0.1) is 0 Å². The topological polar surface area (TPSA) is 98.2 Å². The number of anilines is 1. The van der Waals surface area contributed by atoms with Gasteiger partial charge in [-0.05, 0) is 63.8 Å². The van der Waals surface area contributed by atoms with Crippen LogP contribution >= 0.6 is 11.6 Å². The SMILES string of the molecule is CS(=O)(=O)O[C@H]1CCN(c2nccc(-c3ccc4ccccc4c3)n2)C1.Clc1nccc(-c2ccc3ccccc3c2)n1. The van der Waals surface area contributed by atoms with E-state index in [4.69, 9.17) is 15.8 Å². The van der Waals surface area contributed by atoms with Crippen LogP contribution in [0.25, 0.3) is 44.1 Å². The molecule has 8 nitrogen and oxygen atoms in total. The monoisotopic (exact) mass is 609 g/mol. The molecule has 7 rings (SSSR count). The fourth-order valence-corrected chi connectivity index (χ4v) is 5.89. The van der Waals surface area contributed by atoms with Crippen LogP contribution in [0.3, 0.4) is 0 Å². The molecule has 43 heavy (non-hydrogen) atoms. The lowest BCUT2D eigenvalue weighted by atomic mass is 10.1. The van der Waals surface area contributed by atoms with Crippen molar-refractivity contribution in [3.63, 3.8) is 0 Å². The molecule has 1 aliphatic rings. The number of nitrogens with zero attached hydrogens (tertiary/aromatic N) is 5. The molecule has 1 saturated heterocycles. The molecular formula is C33H28ClN5O3S. The van der Waals surface area contributed by atoms with Crippen LogP contribution < -0.4 is 4.90 Å². The van der Waals surface area contributed by atoms with Crippen molar-refractivity contribution in [3.05, 3.63) is 115 Å². The lowest BCUT2D eigenvalue weighted by Crippen LogP contribution is -2.26. The summed E-state index contributed by atoms with van der Waals surface area (Å²) in [6.07, 6.45) is 4.76. The number of hydrogen-bond acceptors (Lipinski definition) is 8. The van der Waals surface area contributed by atoms with E-state index in [0.29, 0.717) is 25.5 Å². The molecule has 10 heteroatoms. The molecular weight excluding hydrogens is 582 g/mol. The number of hydrogen-bond donors (Lipinski definition) is 0. The lowest BCUT2D eigenvalue weighted by molar-refractivity contribution is 0.234. The van der Waals surface area contributed by atoms with E-state index in [9.17, 15) is 8.42 Å². The molecule has 0 spiro atoms. The van der Waals surface area contributed by atoms with Gasteiger partial charge in [-0.3, -0.25) is 4.18 Å². The summed E-state index contributed by atoms with van der Waals surface area (Å²) < 4.78 is 27.7. The predicted octanol–water partition coefficient (Wildman–Crippen LogP) is 6.80. The maximum atomic E-state index is 11.3. The summed E-state index contributed by atoms with van der Waals surface area (Å²) in [5.41, 5.74) is 3.76. The van der Waals surface area contributed by atoms with Crippen LogP contribution in [0.1, 0.15) is 6.42 Å². The molecule has 0 bridgehead atoms. The minimum absolute atomic E-state index is 0.274. The van der Waals surface area contributed by atoms with Crippen LogP contribution in [0.5, 0.6) is 0 Å². The summed E-state index contributed by atoms with van der Waals surface area (Å²) in [6.45, 7) is 1.13. The molecule has 1 atom stereocenters. The van der Waals surface area contributed by atoms with Gasteiger partial charge in [0.2, 0.25) is 11.2 Å². The Morgan fingerprint density at radius 3 is 1.88 bits per heavy atom. The van der Waals surface area contributed by atoms with E-state index in [-0.39, 0.29) is 11.4 Å². The zero-order valence-electron chi connectivity index (χ0n) is 23.3. The Hall–Kier alpha value is -4.44. The minimum atomic E-state index is -3.45. The highest BCUT2D eigenvalue weighted by Crippen LogP contribution is 2.26. The maximum Gasteiger partial charge on any atom is 0.264 e. The third kappa shape index (κ3) is 7.14. The molecule has 6 aromatic rings. The number of rotatable bonds is 5. The van der Waals surface area contributed by atoms with Crippen LogP contribution in [0.15, 0.2) is 109 Å². The highest BCUT2D eigenvalue weighted by molar-refractivity contribution is 7.86. The summed E-state index contributed by atoms with van der Waals surface area (Å²) in [5, 5.41) is 5.03. The Morgan fingerprint density at radius 2 is 1.30 bits per heavy atom. The van der Waals surface area contributed by atoms with Gasteiger partial charge < -0.3 is 4.90 Å². The Labute approximate surface area is 255 Å². The van der Waals surface area contributed by atoms with Crippen LogP contribution in [0, 0.1) is 0 Å². The van der Waals surface area contributed by atoms with Crippen molar-refractivity contribution in [2.45, 2.75) is 12.5 Å². The van der Waals surface area contributed by atoms with Gasteiger partial charge in [0.1, 0.15) is 0 Å². The molecule has 0 saturated carbocycles. The van der Waals surface area contributed by atoms with E-state index >= 15 is 0 Å².